The van der Waals surface area contributed by atoms with E-state index in [0.29, 0.717) is 37.7 Å². The predicted molar refractivity (Wildman–Crippen MR) is 446 cm³/mol. The third kappa shape index (κ3) is 40.9. The first-order valence-corrected chi connectivity index (χ1v) is 41.1. The molecule has 125 heavy (non-hydrogen) atoms. The van der Waals surface area contributed by atoms with E-state index in [9.17, 15) is 106 Å². The molecule has 1 aromatic carbocycles. The second-order valence-corrected chi connectivity index (χ2v) is 30.0. The first-order chi connectivity index (χ1) is 59.2. The van der Waals surface area contributed by atoms with Gasteiger partial charge < -0.3 is 151 Å². The number of hydrogen-bond donors (Lipinski definition) is 28. The van der Waals surface area contributed by atoms with Crippen LogP contribution in [-0.2, 0) is 104 Å². The zero-order valence-corrected chi connectivity index (χ0v) is 70.2. The number of aliphatic carboxylic acids is 2. The summed E-state index contributed by atoms with van der Waals surface area (Å²) in [5.74, 6) is -20.3. The Hall–Kier alpha value is -12.8. The molecule has 17 amide bonds. The Labute approximate surface area is 720 Å². The molecule has 1 aliphatic heterocycles. The average molecular weight is 1770 g/mol. The fourth-order valence-electron chi connectivity index (χ4n) is 12.8. The van der Waals surface area contributed by atoms with Crippen molar-refractivity contribution in [3.8, 4) is 5.75 Å². The first-order valence-electron chi connectivity index (χ1n) is 41.1. The number of phenols is 1. The number of phenolic OH excluding ortho intramolecular Hbond substituents is 1. The highest BCUT2D eigenvalue weighted by molar-refractivity contribution is 6.01. The second kappa shape index (κ2) is 56.8. The number of hydrogen-bond acceptors (Lipinski definition) is 27. The van der Waals surface area contributed by atoms with Gasteiger partial charge in [-0.3, -0.25) is 91.7 Å². The minimum atomic E-state index is -1.84. The number of nitrogens with zero attached hydrogens (tertiary/aromatic N) is 2. The van der Waals surface area contributed by atoms with Crippen molar-refractivity contribution < 1.29 is 106 Å². The van der Waals surface area contributed by atoms with Gasteiger partial charge in [0.1, 0.15) is 84.3 Å². The van der Waals surface area contributed by atoms with Crippen molar-refractivity contribution in [2.45, 2.75) is 253 Å². The molecule has 0 bridgehead atoms. The minimum Gasteiger partial charge on any atom is -0.508 e. The Morgan fingerprint density at radius 3 is 1.37 bits per heavy atom. The van der Waals surface area contributed by atoms with Gasteiger partial charge in [0, 0.05) is 45.0 Å². The van der Waals surface area contributed by atoms with E-state index in [1.807, 2.05) is 0 Å². The number of carbonyl (C=O) groups is 19. The lowest BCUT2D eigenvalue weighted by Gasteiger charge is -2.30. The number of benzene rings is 1. The quantitative estimate of drug-likeness (QED) is 0.0166. The molecule has 696 valence electrons. The topological polar surface area (TPSA) is 843 Å². The third-order valence-electron chi connectivity index (χ3n) is 19.7. The highest BCUT2D eigenvalue weighted by atomic mass is 16.4. The van der Waals surface area contributed by atoms with Crippen LogP contribution in [0.1, 0.15) is 166 Å². The van der Waals surface area contributed by atoms with Crippen molar-refractivity contribution in [1.82, 2.24) is 89.3 Å². The fourth-order valence-corrected chi connectivity index (χ4v) is 12.8. The van der Waals surface area contributed by atoms with Crippen LogP contribution in [0.25, 0.3) is 0 Å². The number of aromatic hydroxyl groups is 1. The number of aromatic nitrogens is 2. The van der Waals surface area contributed by atoms with Crippen LogP contribution < -0.4 is 126 Å². The molecule has 1 fully saturated rings. The van der Waals surface area contributed by atoms with Gasteiger partial charge in [-0.15, -0.1) is 0 Å². The molecular formula is C76H125N27O22. The number of nitrogens with one attached hydrogen (secondary N) is 16. The summed E-state index contributed by atoms with van der Waals surface area (Å²) >= 11 is 0. The number of guanidine groups is 1. The highest BCUT2D eigenvalue weighted by Gasteiger charge is 2.42. The zero-order valence-electron chi connectivity index (χ0n) is 70.2. The number of carboxylic acid groups (broad SMARTS) is 2. The molecule has 0 unspecified atom stereocenters. The number of aromatic amines is 1. The second-order valence-electron chi connectivity index (χ2n) is 30.0. The molecule has 0 radical (unpaired) electrons. The van der Waals surface area contributed by atoms with Gasteiger partial charge in [-0.1, -0.05) is 12.1 Å². The Bertz CT molecular complexity index is 3970. The number of primary amides is 3. The fraction of sp³-hybridized carbons (Fsp3) is 0.618. The van der Waals surface area contributed by atoms with Crippen molar-refractivity contribution in [3.63, 3.8) is 0 Å². The van der Waals surface area contributed by atoms with E-state index in [-0.39, 0.29) is 147 Å². The SMILES string of the molecule is C[C@H](NC(=O)CNC(=O)[C@H](CCCCN)NC(=O)[C@H](Cc1ccc(O)cc1)NC(=O)[C@H](CCCCN)NC(=O)[C@H](CCCNC(=N)N)NC(=O)[C@H](C)NC(=O)[C@H](CC(N)=O)NC(=O)[C@@H]1CCCN1C(=O)[C@H](Cc1c[nH]cn1)NC(=O)[C@H](CCC(=O)O)NC(=O)[C@@H](N)CCC(N)=O)C(=O)N[C@@H](CC(N)=O)C(=O)N[C@@H](CCCCN)C(=O)N[C@@H](CCCCN)C(=O)O. The molecule has 1 aromatic heterocycles. The lowest BCUT2D eigenvalue weighted by molar-refractivity contribution is -0.143. The molecular weight excluding hydrogens is 1640 g/mol. The van der Waals surface area contributed by atoms with Crippen LogP contribution in [-0.4, -0.2) is 279 Å². The van der Waals surface area contributed by atoms with Crippen LogP contribution in [0.4, 0.5) is 0 Å². The smallest absolute Gasteiger partial charge is 0.326 e. The van der Waals surface area contributed by atoms with Gasteiger partial charge in [0.25, 0.3) is 0 Å². The predicted octanol–water partition coefficient (Wildman–Crippen LogP) is -10.1. The number of imidazole rings is 1. The maximum atomic E-state index is 14.8. The maximum Gasteiger partial charge on any atom is 0.326 e. The summed E-state index contributed by atoms with van der Waals surface area (Å²) in [6.45, 7) is 2.12. The molecule has 49 nitrogen and oxygen atoms in total. The molecule has 49 heteroatoms. The summed E-state index contributed by atoms with van der Waals surface area (Å²) in [6.07, 6.45) is 0.826. The molecule has 1 saturated heterocycles. The van der Waals surface area contributed by atoms with E-state index in [4.69, 9.17) is 57.0 Å². The van der Waals surface area contributed by atoms with E-state index in [1.54, 1.807) is 0 Å². The Balaban J connectivity index is 1.89. The van der Waals surface area contributed by atoms with E-state index in [0.717, 1.165) is 4.90 Å². The Kier molecular flexibility index (Phi) is 48.4. The molecule has 14 atom stereocenters. The number of H-pyrrole nitrogens is 1. The maximum absolute atomic E-state index is 14.8. The van der Waals surface area contributed by atoms with Gasteiger partial charge in [0.2, 0.25) is 100 Å². The van der Waals surface area contributed by atoms with E-state index < -0.39 is 235 Å². The van der Waals surface area contributed by atoms with Crippen molar-refractivity contribution in [1.29, 1.82) is 5.41 Å². The molecule has 37 N–H and O–H groups in total. The molecule has 2 heterocycles. The molecule has 3 rings (SSSR count). The van der Waals surface area contributed by atoms with Gasteiger partial charge in [-0.2, -0.15) is 0 Å². The zero-order chi connectivity index (χ0) is 93.4. The summed E-state index contributed by atoms with van der Waals surface area (Å²) in [5, 5.41) is 71.6. The van der Waals surface area contributed by atoms with Gasteiger partial charge in [-0.25, -0.2) is 9.78 Å². The molecule has 1 aliphatic rings. The van der Waals surface area contributed by atoms with Crippen molar-refractivity contribution in [3.05, 3.63) is 48.0 Å². The molecule has 0 saturated carbocycles. The first kappa shape index (κ1) is 106. The number of carboxylic acids is 2. The number of likely N-dealkylation sites (tertiary alicyclic amines) is 1. The summed E-state index contributed by atoms with van der Waals surface area (Å²) < 4.78 is 0. The van der Waals surface area contributed by atoms with Crippen LogP contribution in [0, 0.1) is 5.41 Å². The van der Waals surface area contributed by atoms with E-state index in [1.165, 1.54) is 50.6 Å². The van der Waals surface area contributed by atoms with Crippen LogP contribution >= 0.6 is 0 Å². The summed E-state index contributed by atoms with van der Waals surface area (Å²) in [4.78, 5) is 265. The lowest BCUT2D eigenvalue weighted by Crippen LogP contribution is -2.60. The number of unbranched alkanes of at least 4 members (excludes halogenated alkanes) is 4. The lowest BCUT2D eigenvalue weighted by atomic mass is 10.0. The average Bonchev–Trinajstić information content (AvgIpc) is 1.70. The largest absolute Gasteiger partial charge is 0.508 e. The van der Waals surface area contributed by atoms with E-state index >= 15 is 0 Å². The molecule has 2 aromatic rings. The summed E-state index contributed by atoms with van der Waals surface area (Å²) in [7, 11) is 0. The number of amides is 17. The van der Waals surface area contributed by atoms with Crippen molar-refractivity contribution in [2.75, 3.05) is 45.8 Å². The summed E-state index contributed by atoms with van der Waals surface area (Å²) in [6, 6.07) is -16.0. The van der Waals surface area contributed by atoms with Gasteiger partial charge in [-0.05, 0) is 173 Å². The van der Waals surface area contributed by atoms with Crippen LogP contribution in [0.2, 0.25) is 0 Å². The number of nitrogens with two attached hydrogens (primary N) is 9. The van der Waals surface area contributed by atoms with E-state index in [2.05, 4.69) is 84.4 Å². The van der Waals surface area contributed by atoms with Gasteiger partial charge in [0.15, 0.2) is 5.96 Å². The number of rotatable bonds is 62. The molecule has 0 spiro atoms. The summed E-state index contributed by atoms with van der Waals surface area (Å²) in [5.41, 5.74) is 51.0. The normalized spacial score (nSPS) is 15.4. The Morgan fingerprint density at radius 1 is 0.464 bits per heavy atom. The number of carbonyl (C=O) groups excluding carboxylic acids is 17. The van der Waals surface area contributed by atoms with Crippen molar-refractivity contribution in [2.24, 2.45) is 51.6 Å². The molecule has 0 aliphatic carbocycles. The van der Waals surface area contributed by atoms with Crippen LogP contribution in [0.3, 0.4) is 0 Å². The minimum absolute atomic E-state index is 0.00580. The monoisotopic (exact) mass is 1770 g/mol. The van der Waals surface area contributed by atoms with Crippen LogP contribution in [0.5, 0.6) is 5.75 Å². The van der Waals surface area contributed by atoms with Gasteiger partial charge in [0.05, 0.1) is 37.4 Å². The third-order valence-corrected chi connectivity index (χ3v) is 19.7. The Morgan fingerprint density at radius 2 is 0.888 bits per heavy atom. The van der Waals surface area contributed by atoms with Gasteiger partial charge >= 0.3 is 11.9 Å². The van der Waals surface area contributed by atoms with Crippen molar-refractivity contribution >= 4 is 118 Å². The van der Waals surface area contributed by atoms with Crippen LogP contribution in [0.15, 0.2) is 36.8 Å². The standard InChI is InChI=1S/C76H125N27O22/c1-40(62(111)99-54(36-59(84)107)72(121)97-47(14-4-8-28-78)67(116)98-51(75(124)125)16-6-10-30-80)91-60(108)38-89-65(114)46(13-3-7-27-77)95-71(120)52(33-42-19-21-44(104)22-20-42)100-68(117)48(15-5-9-29-79)96-66(115)49(17-11-31-88-76(85)86)93-63(112)41(2)92-70(119)53(35-58(83)106)101-73(122)56-18-12-32-103(56)74(123)55(34-43-37-87-39-90-43)102-69(118)50(24-26-61(109)110)94-64(113)45(81)23-25-57(82)105/h19-22,37,39-41,45-56,104H,3-18,23-36,38,77-81H2,1-2H3,(H2,82,105)(H2,83,106)(H2,84,107)(H,87,90)(H,89,114)(H,91,108)(H,92,119)(H,93,112)(H,94,113)(H,95,120)(H,96,115)(H,97,121)(H,98,116)(H,99,111)(H,100,117)(H,101,122)(H,102,118)(H,109,110)(H,124,125)(H4,85,86,88)/t40-,41-,45-,46-,47-,48-,49-,50-,51-,52-,53-,54-,55-,56-/m0/s1. The highest BCUT2D eigenvalue weighted by Crippen LogP contribution is 2.22.